The topological polar surface area (TPSA) is 101 Å². The van der Waals surface area contributed by atoms with E-state index in [0.29, 0.717) is 12.5 Å². The van der Waals surface area contributed by atoms with Crippen LogP contribution < -0.4 is 5.73 Å². The van der Waals surface area contributed by atoms with Crippen molar-refractivity contribution in [3.63, 3.8) is 0 Å². The highest BCUT2D eigenvalue weighted by molar-refractivity contribution is 8.00. The van der Waals surface area contributed by atoms with Crippen molar-refractivity contribution in [3.05, 3.63) is 0 Å². The summed E-state index contributed by atoms with van der Waals surface area (Å²) in [4.78, 5) is 36.4. The van der Waals surface area contributed by atoms with Crippen molar-refractivity contribution in [2.24, 2.45) is 11.7 Å². The summed E-state index contributed by atoms with van der Waals surface area (Å²) in [5, 5.41) is 8.28. The summed E-state index contributed by atoms with van der Waals surface area (Å²) in [5.74, 6) is -1.01. The van der Waals surface area contributed by atoms with Crippen molar-refractivity contribution in [1.29, 1.82) is 0 Å². The lowest BCUT2D eigenvalue weighted by molar-refractivity contribution is -0.139. The predicted octanol–water partition coefficient (Wildman–Crippen LogP) is 1.87. The van der Waals surface area contributed by atoms with Gasteiger partial charge in [-0.3, -0.25) is 19.3 Å². The van der Waals surface area contributed by atoms with E-state index in [1.54, 1.807) is 0 Å². The van der Waals surface area contributed by atoms with Crippen molar-refractivity contribution in [2.75, 3.05) is 12.3 Å². The molecule has 1 aliphatic rings. The van der Waals surface area contributed by atoms with Gasteiger partial charge in [0.25, 0.3) is 0 Å². The highest BCUT2D eigenvalue weighted by Crippen LogP contribution is 2.27. The largest absolute Gasteiger partial charge is 0.480 e. The predicted molar refractivity (Wildman–Crippen MR) is 91.1 cm³/mol. The summed E-state index contributed by atoms with van der Waals surface area (Å²) in [7, 11) is 0. The molecule has 132 valence electrons. The number of hydrogen-bond donors (Lipinski definition) is 2. The molecule has 1 rings (SSSR count). The third-order valence-electron chi connectivity index (χ3n) is 4.04. The molecule has 7 heteroatoms. The lowest BCUT2D eigenvalue weighted by Gasteiger charge is -2.20. The highest BCUT2D eigenvalue weighted by Gasteiger charge is 2.39. The normalized spacial score (nSPS) is 20.8. The number of carboxylic acid groups (broad SMARTS) is 1. The molecule has 3 atom stereocenters. The number of hydrogen-bond acceptors (Lipinski definition) is 5. The Bertz CT molecular complexity index is 430. The number of unbranched alkanes of at least 4 members (excludes halogenated alkanes) is 3. The van der Waals surface area contributed by atoms with Crippen LogP contribution in [-0.2, 0) is 14.4 Å². The first-order chi connectivity index (χ1) is 10.9. The summed E-state index contributed by atoms with van der Waals surface area (Å²) in [6, 6.07) is -1.01. The molecule has 0 aromatic rings. The first kappa shape index (κ1) is 20.0. The summed E-state index contributed by atoms with van der Waals surface area (Å²) in [5.41, 5.74) is 5.44. The van der Waals surface area contributed by atoms with E-state index in [1.165, 1.54) is 35.9 Å². The van der Waals surface area contributed by atoms with Crippen molar-refractivity contribution in [3.8, 4) is 0 Å². The number of aliphatic carboxylic acids is 1. The fourth-order valence-corrected chi connectivity index (χ4v) is 3.70. The number of carbonyl (C=O) groups excluding carboxylic acids is 2. The molecule has 0 bridgehead atoms. The molecule has 23 heavy (non-hydrogen) atoms. The van der Waals surface area contributed by atoms with Gasteiger partial charge in [0.15, 0.2) is 0 Å². The average molecular weight is 344 g/mol. The number of nitrogens with two attached hydrogens (primary N) is 1. The van der Waals surface area contributed by atoms with Gasteiger partial charge in [-0.15, -0.1) is 11.8 Å². The maximum absolute atomic E-state index is 12.3. The summed E-state index contributed by atoms with van der Waals surface area (Å²) < 4.78 is 0. The molecule has 3 unspecified atom stereocenters. The van der Waals surface area contributed by atoms with Crippen molar-refractivity contribution in [2.45, 2.75) is 63.7 Å². The molecule has 3 N–H and O–H groups in total. The molecule has 0 saturated carbocycles. The van der Waals surface area contributed by atoms with Gasteiger partial charge >= 0.3 is 5.97 Å². The molecule has 1 saturated heterocycles. The van der Waals surface area contributed by atoms with Gasteiger partial charge in [-0.1, -0.05) is 39.5 Å². The number of nitrogens with zero attached hydrogens (tertiary/aromatic N) is 1. The van der Waals surface area contributed by atoms with Crippen molar-refractivity contribution >= 4 is 29.5 Å². The first-order valence-corrected chi connectivity index (χ1v) is 9.35. The Morgan fingerprint density at radius 2 is 2.09 bits per heavy atom. The lowest BCUT2D eigenvalue weighted by Crippen LogP contribution is -2.36. The molecular formula is C16H28N2O4S. The third-order valence-corrected chi connectivity index (χ3v) is 5.36. The molecule has 0 aliphatic carbocycles. The van der Waals surface area contributed by atoms with Gasteiger partial charge < -0.3 is 10.8 Å². The van der Waals surface area contributed by atoms with E-state index in [9.17, 15) is 14.4 Å². The molecule has 1 fully saturated rings. The van der Waals surface area contributed by atoms with E-state index in [0.717, 1.165) is 12.8 Å². The monoisotopic (exact) mass is 344 g/mol. The van der Waals surface area contributed by atoms with E-state index < -0.39 is 17.3 Å². The lowest BCUT2D eigenvalue weighted by atomic mass is 10.0. The van der Waals surface area contributed by atoms with Gasteiger partial charge in [0.05, 0.1) is 5.25 Å². The quantitative estimate of drug-likeness (QED) is 0.438. The van der Waals surface area contributed by atoms with Gasteiger partial charge in [-0.05, 0) is 12.3 Å². The van der Waals surface area contributed by atoms with E-state index in [-0.39, 0.29) is 24.0 Å². The molecule has 2 amide bonds. The Labute approximate surface area is 142 Å². The fraction of sp³-hybridized carbons (Fsp3) is 0.812. The fourth-order valence-electron chi connectivity index (χ4n) is 2.59. The van der Waals surface area contributed by atoms with Crippen LogP contribution in [0, 0.1) is 5.92 Å². The summed E-state index contributed by atoms with van der Waals surface area (Å²) in [6.07, 6.45) is 5.88. The molecule has 0 radical (unpaired) electrons. The van der Waals surface area contributed by atoms with Gasteiger partial charge in [0.1, 0.15) is 6.04 Å². The van der Waals surface area contributed by atoms with Gasteiger partial charge in [-0.2, -0.15) is 0 Å². The first-order valence-electron chi connectivity index (χ1n) is 8.31. The Hall–Kier alpha value is -1.08. The summed E-state index contributed by atoms with van der Waals surface area (Å²) >= 11 is 1.17. The van der Waals surface area contributed by atoms with E-state index in [2.05, 4.69) is 13.8 Å². The van der Waals surface area contributed by atoms with Crippen LogP contribution in [0.25, 0.3) is 0 Å². The van der Waals surface area contributed by atoms with Crippen LogP contribution in [0.1, 0.15) is 52.4 Å². The Kier molecular flexibility index (Phi) is 8.62. The zero-order valence-electron chi connectivity index (χ0n) is 14.0. The second-order valence-electron chi connectivity index (χ2n) is 6.27. The average Bonchev–Trinajstić information content (AvgIpc) is 2.76. The van der Waals surface area contributed by atoms with Crippen LogP contribution in [0.5, 0.6) is 0 Å². The SMILES string of the molecule is CCCCCCC(C)CN1C(=O)CC(SCC(N)C(=O)O)C1=O. The van der Waals surface area contributed by atoms with Crippen LogP contribution in [-0.4, -0.2) is 51.4 Å². The highest BCUT2D eigenvalue weighted by atomic mass is 32.2. The Balaban J connectivity index is 2.40. The molecule has 1 heterocycles. The maximum atomic E-state index is 12.3. The third kappa shape index (κ3) is 6.51. The molecule has 1 aliphatic heterocycles. The second kappa shape index (κ2) is 9.93. The van der Waals surface area contributed by atoms with Crippen molar-refractivity contribution in [1.82, 2.24) is 4.90 Å². The van der Waals surface area contributed by atoms with Crippen molar-refractivity contribution < 1.29 is 19.5 Å². The molecule has 0 spiro atoms. The molecule has 0 aromatic heterocycles. The molecule has 0 aromatic carbocycles. The van der Waals surface area contributed by atoms with Crippen LogP contribution in [0.15, 0.2) is 0 Å². The minimum atomic E-state index is -1.09. The second-order valence-corrected chi connectivity index (χ2v) is 7.50. The van der Waals surface area contributed by atoms with E-state index in [4.69, 9.17) is 10.8 Å². The standard InChI is InChI=1S/C16H28N2O4S/c1-3-4-5-6-7-11(2)9-18-14(19)8-13(15(18)20)23-10-12(17)16(21)22/h11-13H,3-10,17H2,1-2H3,(H,21,22). The number of carbonyl (C=O) groups is 3. The van der Waals surface area contributed by atoms with Crippen LogP contribution >= 0.6 is 11.8 Å². The zero-order valence-corrected chi connectivity index (χ0v) is 14.8. The van der Waals surface area contributed by atoms with Crippen LogP contribution in [0.4, 0.5) is 0 Å². The van der Waals surface area contributed by atoms with Gasteiger partial charge in [0, 0.05) is 18.7 Å². The number of imide groups is 1. The van der Waals surface area contributed by atoms with Crippen LogP contribution in [0.2, 0.25) is 0 Å². The smallest absolute Gasteiger partial charge is 0.321 e. The number of rotatable bonds is 11. The van der Waals surface area contributed by atoms with Crippen LogP contribution in [0.3, 0.4) is 0 Å². The van der Waals surface area contributed by atoms with Gasteiger partial charge in [-0.25, -0.2) is 0 Å². The summed E-state index contributed by atoms with van der Waals surface area (Å²) in [6.45, 7) is 4.69. The van der Waals surface area contributed by atoms with Gasteiger partial charge in [0.2, 0.25) is 11.8 Å². The zero-order chi connectivity index (χ0) is 17.4. The molecular weight excluding hydrogens is 316 g/mol. The molecule has 6 nitrogen and oxygen atoms in total. The Morgan fingerprint density at radius 1 is 1.39 bits per heavy atom. The van der Waals surface area contributed by atoms with E-state index in [1.807, 2.05) is 0 Å². The minimum Gasteiger partial charge on any atom is -0.480 e. The Morgan fingerprint density at radius 3 is 2.70 bits per heavy atom. The number of amides is 2. The number of thioether (sulfide) groups is 1. The minimum absolute atomic E-state index is 0.138. The van der Waals surface area contributed by atoms with E-state index >= 15 is 0 Å². The number of carboxylic acids is 1. The maximum Gasteiger partial charge on any atom is 0.321 e. The number of likely N-dealkylation sites (tertiary alicyclic amines) is 1.